The van der Waals surface area contributed by atoms with Gasteiger partial charge in [-0.2, -0.15) is 0 Å². The van der Waals surface area contributed by atoms with Crippen LogP contribution in [0.1, 0.15) is 24.2 Å². The first-order chi connectivity index (χ1) is 7.92. The van der Waals surface area contributed by atoms with Crippen LogP contribution in [-0.2, 0) is 4.74 Å². The number of methoxy groups -OCH3 is 1. The monoisotopic (exact) mass is 238 g/mol. The molecule has 94 valence electrons. The predicted molar refractivity (Wildman–Crippen MR) is 65.1 cm³/mol. The fraction of sp³-hybridized carbons (Fsp3) is 0.500. The van der Waals surface area contributed by atoms with E-state index in [9.17, 15) is 9.90 Å². The minimum absolute atomic E-state index is 0.00632. The number of rotatable bonds is 4. The van der Waals surface area contributed by atoms with E-state index in [2.05, 4.69) is 9.72 Å². The third-order valence-electron chi connectivity index (χ3n) is 2.81. The molecule has 5 nitrogen and oxygen atoms in total. The number of ether oxygens (including phenoxy) is 1. The van der Waals surface area contributed by atoms with Crippen molar-refractivity contribution in [2.24, 2.45) is 0 Å². The second kappa shape index (κ2) is 5.14. The SMILES string of the molecule is COC(=O)c1ccnc(N(C)C(C)(C)CO)c1. The fourth-order valence-electron chi connectivity index (χ4n) is 1.26. The van der Waals surface area contributed by atoms with E-state index in [1.165, 1.54) is 7.11 Å². The minimum Gasteiger partial charge on any atom is -0.465 e. The number of anilines is 1. The van der Waals surface area contributed by atoms with Gasteiger partial charge in [0.05, 0.1) is 24.8 Å². The van der Waals surface area contributed by atoms with Gasteiger partial charge in [0.1, 0.15) is 5.82 Å². The van der Waals surface area contributed by atoms with Gasteiger partial charge in [-0.1, -0.05) is 0 Å². The molecule has 0 atom stereocenters. The van der Waals surface area contributed by atoms with E-state index < -0.39 is 11.5 Å². The number of hydrogen-bond donors (Lipinski definition) is 1. The Balaban J connectivity index is 3.03. The fourth-order valence-corrected chi connectivity index (χ4v) is 1.26. The average Bonchev–Trinajstić information content (AvgIpc) is 2.36. The maximum Gasteiger partial charge on any atom is 0.338 e. The maximum atomic E-state index is 11.4. The van der Waals surface area contributed by atoms with Gasteiger partial charge in [-0.3, -0.25) is 0 Å². The minimum atomic E-state index is -0.443. The molecule has 0 saturated heterocycles. The van der Waals surface area contributed by atoms with Crippen LogP contribution in [0, 0.1) is 0 Å². The number of esters is 1. The first-order valence-corrected chi connectivity index (χ1v) is 5.31. The van der Waals surface area contributed by atoms with Crippen LogP contribution in [0.4, 0.5) is 5.82 Å². The van der Waals surface area contributed by atoms with Crippen molar-refractivity contribution in [2.45, 2.75) is 19.4 Å². The number of pyridine rings is 1. The summed E-state index contributed by atoms with van der Waals surface area (Å²) in [5.41, 5.74) is -0.0000398. The van der Waals surface area contributed by atoms with Crippen molar-refractivity contribution in [3.8, 4) is 0 Å². The third kappa shape index (κ3) is 2.94. The molecule has 1 aromatic rings. The molecule has 0 unspecified atom stereocenters. The van der Waals surface area contributed by atoms with E-state index in [4.69, 9.17) is 0 Å². The molecule has 0 aliphatic heterocycles. The van der Waals surface area contributed by atoms with Crippen LogP contribution in [0.25, 0.3) is 0 Å². The first-order valence-electron chi connectivity index (χ1n) is 5.31. The summed E-state index contributed by atoms with van der Waals surface area (Å²) in [5, 5.41) is 9.29. The van der Waals surface area contributed by atoms with Crippen molar-refractivity contribution < 1.29 is 14.6 Å². The Hall–Kier alpha value is -1.62. The van der Waals surface area contributed by atoms with Gasteiger partial charge in [0.15, 0.2) is 0 Å². The molecule has 5 heteroatoms. The van der Waals surface area contributed by atoms with Crippen LogP contribution < -0.4 is 4.90 Å². The lowest BCUT2D eigenvalue weighted by Gasteiger charge is -2.34. The van der Waals surface area contributed by atoms with E-state index in [1.807, 2.05) is 25.8 Å². The van der Waals surface area contributed by atoms with Crippen molar-refractivity contribution >= 4 is 11.8 Å². The average molecular weight is 238 g/mol. The summed E-state index contributed by atoms with van der Waals surface area (Å²) >= 11 is 0. The van der Waals surface area contributed by atoms with Gasteiger partial charge in [0.2, 0.25) is 0 Å². The number of likely N-dealkylation sites (N-methyl/N-ethyl adjacent to an activating group) is 1. The summed E-state index contributed by atoms with van der Waals surface area (Å²) in [7, 11) is 3.16. The summed E-state index contributed by atoms with van der Waals surface area (Å²) in [6.45, 7) is 3.77. The number of aliphatic hydroxyl groups is 1. The molecule has 0 aliphatic carbocycles. The number of aliphatic hydroxyl groups excluding tert-OH is 1. The Labute approximate surface area is 101 Å². The largest absolute Gasteiger partial charge is 0.465 e. The Kier molecular flexibility index (Phi) is 4.07. The summed E-state index contributed by atoms with van der Waals surface area (Å²) in [4.78, 5) is 17.4. The lowest BCUT2D eigenvalue weighted by atomic mass is 10.1. The molecule has 0 aromatic carbocycles. The van der Waals surface area contributed by atoms with Crippen molar-refractivity contribution in [3.63, 3.8) is 0 Å². The van der Waals surface area contributed by atoms with Crippen LogP contribution in [0.15, 0.2) is 18.3 Å². The molecule has 0 spiro atoms. The molecule has 0 fully saturated rings. The van der Waals surface area contributed by atoms with Gasteiger partial charge in [-0.15, -0.1) is 0 Å². The summed E-state index contributed by atoms with van der Waals surface area (Å²) < 4.78 is 4.65. The number of nitrogens with zero attached hydrogens (tertiary/aromatic N) is 2. The highest BCUT2D eigenvalue weighted by Crippen LogP contribution is 2.20. The van der Waals surface area contributed by atoms with Crippen LogP contribution in [-0.4, -0.2) is 42.4 Å². The van der Waals surface area contributed by atoms with Crippen molar-refractivity contribution in [1.29, 1.82) is 0 Å². The van der Waals surface area contributed by atoms with Crippen LogP contribution in [0.5, 0.6) is 0 Å². The Morgan fingerprint density at radius 2 is 2.24 bits per heavy atom. The van der Waals surface area contributed by atoms with Crippen molar-refractivity contribution in [3.05, 3.63) is 23.9 Å². The van der Waals surface area contributed by atoms with Crippen molar-refractivity contribution in [1.82, 2.24) is 4.98 Å². The maximum absolute atomic E-state index is 11.4. The van der Waals surface area contributed by atoms with Gasteiger partial charge in [0.25, 0.3) is 0 Å². The molecule has 0 bridgehead atoms. The normalized spacial score (nSPS) is 11.1. The smallest absolute Gasteiger partial charge is 0.338 e. The van der Waals surface area contributed by atoms with E-state index in [-0.39, 0.29) is 6.61 Å². The summed E-state index contributed by atoms with van der Waals surface area (Å²) in [6.07, 6.45) is 1.55. The highest BCUT2D eigenvalue weighted by molar-refractivity contribution is 5.90. The van der Waals surface area contributed by atoms with Crippen LogP contribution in [0.2, 0.25) is 0 Å². The van der Waals surface area contributed by atoms with Gasteiger partial charge < -0.3 is 14.7 Å². The highest BCUT2D eigenvalue weighted by Gasteiger charge is 2.24. The quantitative estimate of drug-likeness (QED) is 0.795. The second-order valence-electron chi connectivity index (χ2n) is 4.42. The summed E-state index contributed by atoms with van der Waals surface area (Å²) in [6, 6.07) is 3.23. The lowest BCUT2D eigenvalue weighted by molar-refractivity contribution is 0.0600. The molecule has 0 aliphatic rings. The number of aromatic nitrogens is 1. The van der Waals surface area contributed by atoms with E-state index in [0.717, 1.165) is 0 Å². The Morgan fingerprint density at radius 1 is 1.59 bits per heavy atom. The van der Waals surface area contributed by atoms with Crippen LogP contribution in [0.3, 0.4) is 0 Å². The molecule has 0 amide bonds. The molecule has 1 heterocycles. The molecular formula is C12H18N2O3. The van der Waals surface area contributed by atoms with Gasteiger partial charge in [-0.25, -0.2) is 9.78 Å². The molecular weight excluding hydrogens is 220 g/mol. The Bertz CT molecular complexity index is 404. The molecule has 0 saturated carbocycles. The predicted octanol–water partition coefficient (Wildman–Crippen LogP) is 1.08. The molecule has 0 radical (unpaired) electrons. The summed E-state index contributed by atoms with van der Waals surface area (Å²) in [5.74, 6) is 0.218. The Morgan fingerprint density at radius 3 is 2.76 bits per heavy atom. The molecule has 1 aromatic heterocycles. The zero-order valence-electron chi connectivity index (χ0n) is 10.6. The van der Waals surface area contributed by atoms with E-state index >= 15 is 0 Å². The number of hydrogen-bond acceptors (Lipinski definition) is 5. The number of carbonyl (C=O) groups is 1. The topological polar surface area (TPSA) is 62.7 Å². The van der Waals surface area contributed by atoms with Gasteiger partial charge >= 0.3 is 5.97 Å². The molecule has 1 rings (SSSR count). The first kappa shape index (κ1) is 13.4. The second-order valence-corrected chi connectivity index (χ2v) is 4.42. The van der Waals surface area contributed by atoms with Crippen molar-refractivity contribution in [2.75, 3.05) is 25.7 Å². The van der Waals surface area contributed by atoms with Crippen LogP contribution >= 0.6 is 0 Å². The molecule has 1 N–H and O–H groups in total. The highest BCUT2D eigenvalue weighted by atomic mass is 16.5. The standard InChI is InChI=1S/C12H18N2O3/c1-12(2,8-15)14(3)10-7-9(5-6-13-10)11(16)17-4/h5-7,15H,8H2,1-4H3. The van der Waals surface area contributed by atoms with E-state index in [0.29, 0.717) is 11.4 Å². The number of carbonyl (C=O) groups excluding carboxylic acids is 1. The van der Waals surface area contributed by atoms with E-state index in [1.54, 1.807) is 18.3 Å². The molecule has 17 heavy (non-hydrogen) atoms. The third-order valence-corrected chi connectivity index (χ3v) is 2.81. The zero-order chi connectivity index (χ0) is 13.1. The lowest BCUT2D eigenvalue weighted by Crippen LogP contribution is -2.44. The van der Waals surface area contributed by atoms with Gasteiger partial charge in [0, 0.05) is 13.2 Å². The van der Waals surface area contributed by atoms with Gasteiger partial charge in [-0.05, 0) is 26.0 Å². The zero-order valence-corrected chi connectivity index (χ0v) is 10.6.